The molecule has 1 heterocycles. The van der Waals surface area contributed by atoms with Crippen LogP contribution in [0, 0.1) is 0 Å². The fourth-order valence-electron chi connectivity index (χ4n) is 2.53. The van der Waals surface area contributed by atoms with Crippen LogP contribution in [-0.4, -0.2) is 59.3 Å². The van der Waals surface area contributed by atoms with Gasteiger partial charge in [-0.3, -0.25) is 0 Å². The lowest BCUT2D eigenvalue weighted by Gasteiger charge is -2.20. The summed E-state index contributed by atoms with van der Waals surface area (Å²) in [6.07, 6.45) is 5.60. The van der Waals surface area contributed by atoms with Crippen molar-refractivity contribution in [2.45, 2.75) is 32.1 Å². The lowest BCUT2D eigenvalue weighted by Crippen LogP contribution is -2.34. The Morgan fingerprint density at radius 1 is 1.07 bits per heavy atom. The molecule has 1 aromatic heterocycles. The number of rotatable bonds is 12. The van der Waals surface area contributed by atoms with Gasteiger partial charge in [-0.2, -0.15) is 9.52 Å². The Kier molecular flexibility index (Phi) is 8.75. The first-order chi connectivity index (χ1) is 12.8. The molecule has 0 amide bonds. The molecule has 11 heteroatoms. The van der Waals surface area contributed by atoms with Gasteiger partial charge in [0.15, 0.2) is 5.82 Å². The third-order valence-corrected chi connectivity index (χ3v) is 5.60. The van der Waals surface area contributed by atoms with Crippen molar-refractivity contribution < 1.29 is 13.2 Å². The fourth-order valence-corrected chi connectivity index (χ4v) is 3.91. The van der Waals surface area contributed by atoms with Gasteiger partial charge in [0, 0.05) is 29.6 Å². The van der Waals surface area contributed by atoms with Gasteiger partial charge in [-0.25, -0.2) is 8.42 Å². The quantitative estimate of drug-likeness (QED) is 0.514. The minimum atomic E-state index is -3.30. The lowest BCUT2D eigenvalue weighted by atomic mass is 10.1. The molecule has 0 unspecified atom stereocenters. The fraction of sp³-hybridized carbons (Fsp3) is 0.562. The molecule has 2 aromatic rings. The second-order valence-electron chi connectivity index (χ2n) is 6.11. The van der Waals surface area contributed by atoms with E-state index in [1.165, 1.54) is 10.6 Å². The number of halogens is 2. The number of hydrogen-bond donors (Lipinski definition) is 1. The Bertz CT molecular complexity index is 782. The van der Waals surface area contributed by atoms with Crippen LogP contribution < -0.4 is 4.74 Å². The molecule has 0 radical (unpaired) electrons. The standard InChI is InChI=1S/C16H23Cl2N5O3S/c1-27(24,25)23(7-5-3-2-4-6-16-19-21-22-20-16)8-9-26-15-11-13(17)10-14(18)12-15/h10-12H,2-9H2,1H3,(H,19,20,21,22). The molecular formula is C16H23Cl2N5O3S. The van der Waals surface area contributed by atoms with Crippen molar-refractivity contribution in [3.63, 3.8) is 0 Å². The highest BCUT2D eigenvalue weighted by atomic mass is 35.5. The first-order valence-corrected chi connectivity index (χ1v) is 11.2. The van der Waals surface area contributed by atoms with E-state index < -0.39 is 10.0 Å². The first kappa shape index (κ1) is 21.9. The summed E-state index contributed by atoms with van der Waals surface area (Å²) in [4.78, 5) is 0. The molecule has 0 aliphatic heterocycles. The summed E-state index contributed by atoms with van der Waals surface area (Å²) < 4.78 is 30.9. The zero-order valence-electron chi connectivity index (χ0n) is 15.1. The van der Waals surface area contributed by atoms with Gasteiger partial charge in [0.05, 0.1) is 6.26 Å². The molecule has 8 nitrogen and oxygen atoms in total. The minimum absolute atomic E-state index is 0.224. The Morgan fingerprint density at radius 2 is 1.78 bits per heavy atom. The van der Waals surface area contributed by atoms with E-state index in [4.69, 9.17) is 27.9 Å². The van der Waals surface area contributed by atoms with Gasteiger partial charge in [0.1, 0.15) is 12.4 Å². The van der Waals surface area contributed by atoms with Crippen molar-refractivity contribution in [3.05, 3.63) is 34.1 Å². The Labute approximate surface area is 169 Å². The zero-order valence-corrected chi connectivity index (χ0v) is 17.4. The van der Waals surface area contributed by atoms with E-state index in [1.54, 1.807) is 18.2 Å². The summed E-state index contributed by atoms with van der Waals surface area (Å²) in [5.74, 6) is 1.22. The van der Waals surface area contributed by atoms with Gasteiger partial charge in [0.2, 0.25) is 10.0 Å². The summed E-state index contributed by atoms with van der Waals surface area (Å²) in [6, 6.07) is 4.89. The maximum atomic E-state index is 12.0. The number of H-pyrrole nitrogens is 1. The van der Waals surface area contributed by atoms with E-state index in [1.807, 2.05) is 0 Å². The maximum Gasteiger partial charge on any atom is 0.211 e. The van der Waals surface area contributed by atoms with Crippen LogP contribution >= 0.6 is 23.2 Å². The van der Waals surface area contributed by atoms with Gasteiger partial charge in [-0.1, -0.05) is 41.3 Å². The summed E-state index contributed by atoms with van der Waals surface area (Å²) >= 11 is 11.8. The molecule has 0 saturated carbocycles. The maximum absolute atomic E-state index is 12.0. The number of tetrazole rings is 1. The molecule has 0 saturated heterocycles. The van der Waals surface area contributed by atoms with Crippen LogP contribution in [0.2, 0.25) is 10.0 Å². The summed E-state index contributed by atoms with van der Waals surface area (Å²) in [5, 5.41) is 14.7. The normalized spacial score (nSPS) is 11.9. The number of hydrogen-bond acceptors (Lipinski definition) is 6. The number of aromatic amines is 1. The number of sulfonamides is 1. The molecule has 1 N–H and O–H groups in total. The monoisotopic (exact) mass is 435 g/mol. The highest BCUT2D eigenvalue weighted by Gasteiger charge is 2.16. The van der Waals surface area contributed by atoms with Gasteiger partial charge >= 0.3 is 0 Å². The van der Waals surface area contributed by atoms with Crippen LogP contribution in [0.4, 0.5) is 0 Å². The third-order valence-electron chi connectivity index (χ3n) is 3.86. The van der Waals surface area contributed by atoms with Gasteiger partial charge in [-0.05, 0) is 31.0 Å². The Morgan fingerprint density at radius 3 is 2.41 bits per heavy atom. The van der Waals surface area contributed by atoms with Gasteiger partial charge in [-0.15, -0.1) is 10.2 Å². The van der Waals surface area contributed by atoms with Crippen molar-refractivity contribution in [2.24, 2.45) is 0 Å². The summed E-state index contributed by atoms with van der Waals surface area (Å²) in [7, 11) is -3.30. The molecule has 0 aliphatic rings. The summed E-state index contributed by atoms with van der Waals surface area (Å²) in [5.41, 5.74) is 0. The predicted molar refractivity (Wildman–Crippen MR) is 105 cm³/mol. The van der Waals surface area contributed by atoms with Crippen LogP contribution in [-0.2, 0) is 16.4 Å². The van der Waals surface area contributed by atoms with E-state index in [2.05, 4.69) is 20.6 Å². The number of ether oxygens (including phenoxy) is 1. The van der Waals surface area contributed by atoms with Crippen LogP contribution in [0.25, 0.3) is 0 Å². The summed E-state index contributed by atoms with van der Waals surface area (Å²) in [6.45, 7) is 0.952. The number of aromatic nitrogens is 4. The largest absolute Gasteiger partial charge is 0.492 e. The van der Waals surface area contributed by atoms with Crippen LogP contribution in [0.15, 0.2) is 18.2 Å². The van der Waals surface area contributed by atoms with Crippen LogP contribution in [0.1, 0.15) is 31.5 Å². The number of unbranched alkanes of at least 4 members (excludes halogenated alkanes) is 3. The van der Waals surface area contributed by atoms with E-state index in [9.17, 15) is 8.42 Å². The molecule has 0 spiro atoms. The van der Waals surface area contributed by atoms with E-state index in [0.717, 1.165) is 32.1 Å². The molecule has 150 valence electrons. The van der Waals surface area contributed by atoms with Gasteiger partial charge in [0.25, 0.3) is 0 Å². The highest BCUT2D eigenvalue weighted by molar-refractivity contribution is 7.88. The molecule has 1 aromatic carbocycles. The molecule has 27 heavy (non-hydrogen) atoms. The molecule has 0 aliphatic carbocycles. The molecule has 0 atom stereocenters. The second kappa shape index (κ2) is 10.8. The van der Waals surface area contributed by atoms with Crippen molar-refractivity contribution in [2.75, 3.05) is 26.0 Å². The lowest BCUT2D eigenvalue weighted by molar-refractivity contribution is 0.271. The van der Waals surface area contributed by atoms with Crippen LogP contribution in [0.5, 0.6) is 5.75 Å². The number of benzene rings is 1. The molecule has 0 fully saturated rings. The van der Waals surface area contributed by atoms with E-state index >= 15 is 0 Å². The highest BCUT2D eigenvalue weighted by Crippen LogP contribution is 2.24. The second-order valence-corrected chi connectivity index (χ2v) is 8.96. The third kappa shape index (κ3) is 8.42. The average molecular weight is 436 g/mol. The smallest absolute Gasteiger partial charge is 0.211 e. The van der Waals surface area contributed by atoms with Crippen molar-refractivity contribution in [3.8, 4) is 5.75 Å². The Balaban J connectivity index is 1.69. The van der Waals surface area contributed by atoms with E-state index in [0.29, 0.717) is 28.2 Å². The first-order valence-electron chi connectivity index (χ1n) is 8.61. The number of nitrogens with zero attached hydrogens (tertiary/aromatic N) is 4. The van der Waals surface area contributed by atoms with Gasteiger partial charge < -0.3 is 4.74 Å². The minimum Gasteiger partial charge on any atom is -0.492 e. The van der Waals surface area contributed by atoms with Crippen LogP contribution in [0.3, 0.4) is 0 Å². The van der Waals surface area contributed by atoms with E-state index in [-0.39, 0.29) is 13.2 Å². The number of aryl methyl sites for hydroxylation is 1. The SMILES string of the molecule is CS(=O)(=O)N(CCCCCCc1nn[nH]n1)CCOc1cc(Cl)cc(Cl)c1. The number of nitrogens with one attached hydrogen (secondary N) is 1. The Hall–Kier alpha value is -1.42. The predicted octanol–water partition coefficient (Wildman–Crippen LogP) is 2.95. The van der Waals surface area contributed by atoms with Crippen molar-refractivity contribution >= 4 is 33.2 Å². The van der Waals surface area contributed by atoms with Crippen molar-refractivity contribution in [1.29, 1.82) is 0 Å². The molecular weight excluding hydrogens is 413 g/mol. The van der Waals surface area contributed by atoms with Crippen molar-refractivity contribution in [1.82, 2.24) is 24.9 Å². The zero-order chi connectivity index (χ0) is 19.7. The molecule has 2 rings (SSSR count). The average Bonchev–Trinajstić information content (AvgIpc) is 3.07. The topological polar surface area (TPSA) is 101 Å². The molecule has 0 bridgehead atoms.